The standard InChI is InChI=1S/C14H16N2O/c1-10(2)13(17)16-14(6-7-14)12-5-3-4-11(8-12)9-15/h3-5,8,10H,6-7H2,1-2H3,(H,16,17). The summed E-state index contributed by atoms with van der Waals surface area (Å²) in [6.45, 7) is 3.77. The summed E-state index contributed by atoms with van der Waals surface area (Å²) in [7, 11) is 0. The molecule has 0 bridgehead atoms. The molecule has 0 unspecified atom stereocenters. The molecule has 0 radical (unpaired) electrons. The highest BCUT2D eigenvalue weighted by Crippen LogP contribution is 2.45. The largest absolute Gasteiger partial charge is 0.346 e. The number of benzene rings is 1. The second-order valence-electron chi connectivity index (χ2n) is 4.92. The lowest BCUT2D eigenvalue weighted by atomic mass is 10.0. The maximum Gasteiger partial charge on any atom is 0.223 e. The maximum atomic E-state index is 11.8. The van der Waals surface area contributed by atoms with E-state index in [0.29, 0.717) is 5.56 Å². The monoisotopic (exact) mass is 228 g/mol. The molecule has 1 fully saturated rings. The van der Waals surface area contributed by atoms with Crippen molar-refractivity contribution in [2.24, 2.45) is 5.92 Å². The van der Waals surface area contributed by atoms with E-state index < -0.39 is 0 Å². The quantitative estimate of drug-likeness (QED) is 0.863. The average Bonchev–Trinajstić information content (AvgIpc) is 3.10. The molecule has 1 aromatic carbocycles. The van der Waals surface area contributed by atoms with Crippen LogP contribution in [0.1, 0.15) is 37.8 Å². The predicted octanol–water partition coefficient (Wildman–Crippen LogP) is 2.32. The zero-order chi connectivity index (χ0) is 12.5. The fourth-order valence-corrected chi connectivity index (χ4v) is 1.88. The van der Waals surface area contributed by atoms with Crippen molar-refractivity contribution in [1.82, 2.24) is 5.32 Å². The lowest BCUT2D eigenvalue weighted by Crippen LogP contribution is -2.37. The summed E-state index contributed by atoms with van der Waals surface area (Å²) in [5, 5.41) is 12.0. The normalized spacial score (nSPS) is 16.4. The molecule has 0 saturated heterocycles. The van der Waals surface area contributed by atoms with E-state index in [0.717, 1.165) is 18.4 Å². The van der Waals surface area contributed by atoms with Gasteiger partial charge in [-0.15, -0.1) is 0 Å². The topological polar surface area (TPSA) is 52.9 Å². The summed E-state index contributed by atoms with van der Waals surface area (Å²) in [4.78, 5) is 11.8. The minimum atomic E-state index is -0.214. The maximum absolute atomic E-state index is 11.8. The van der Waals surface area contributed by atoms with Crippen molar-refractivity contribution in [3.8, 4) is 6.07 Å². The number of nitrogens with zero attached hydrogens (tertiary/aromatic N) is 1. The summed E-state index contributed by atoms with van der Waals surface area (Å²) < 4.78 is 0. The Morgan fingerprint density at radius 2 is 2.18 bits per heavy atom. The van der Waals surface area contributed by atoms with Crippen molar-refractivity contribution in [2.75, 3.05) is 0 Å². The zero-order valence-electron chi connectivity index (χ0n) is 10.2. The Morgan fingerprint density at radius 3 is 2.71 bits per heavy atom. The first-order valence-electron chi connectivity index (χ1n) is 5.90. The molecule has 2 rings (SSSR count). The van der Waals surface area contributed by atoms with E-state index in [2.05, 4.69) is 11.4 Å². The molecule has 3 heteroatoms. The molecule has 0 spiro atoms. The number of hydrogen-bond donors (Lipinski definition) is 1. The first-order chi connectivity index (χ1) is 8.07. The lowest BCUT2D eigenvalue weighted by molar-refractivity contribution is -0.125. The Balaban J connectivity index is 2.21. The van der Waals surface area contributed by atoms with E-state index in [1.165, 1.54) is 0 Å². The van der Waals surface area contributed by atoms with E-state index in [1.54, 1.807) is 6.07 Å². The summed E-state index contributed by atoms with van der Waals surface area (Å²) in [6.07, 6.45) is 1.92. The van der Waals surface area contributed by atoms with Gasteiger partial charge in [0.1, 0.15) is 0 Å². The first-order valence-corrected chi connectivity index (χ1v) is 5.90. The Bertz CT molecular complexity index is 481. The third-order valence-corrected chi connectivity index (χ3v) is 3.18. The Morgan fingerprint density at radius 1 is 1.47 bits per heavy atom. The molecule has 1 aliphatic carbocycles. The van der Waals surface area contributed by atoms with Crippen LogP contribution in [0.25, 0.3) is 0 Å². The van der Waals surface area contributed by atoms with Gasteiger partial charge in [0.05, 0.1) is 17.2 Å². The van der Waals surface area contributed by atoms with Crippen molar-refractivity contribution < 1.29 is 4.79 Å². The predicted molar refractivity (Wildman–Crippen MR) is 65.0 cm³/mol. The van der Waals surface area contributed by atoms with Crippen LogP contribution < -0.4 is 5.32 Å². The lowest BCUT2D eigenvalue weighted by Gasteiger charge is -2.19. The summed E-state index contributed by atoms with van der Waals surface area (Å²) in [5.41, 5.74) is 1.48. The SMILES string of the molecule is CC(C)C(=O)NC1(c2cccc(C#N)c2)CC1. The van der Waals surface area contributed by atoms with Gasteiger partial charge >= 0.3 is 0 Å². The molecule has 0 aliphatic heterocycles. The molecule has 17 heavy (non-hydrogen) atoms. The number of hydrogen-bond acceptors (Lipinski definition) is 2. The fourth-order valence-electron chi connectivity index (χ4n) is 1.88. The molecular weight excluding hydrogens is 212 g/mol. The van der Waals surface area contributed by atoms with Gasteiger partial charge in [0.15, 0.2) is 0 Å². The molecule has 1 aromatic rings. The van der Waals surface area contributed by atoms with E-state index in [-0.39, 0.29) is 17.4 Å². The van der Waals surface area contributed by atoms with E-state index in [1.807, 2.05) is 32.0 Å². The smallest absolute Gasteiger partial charge is 0.223 e. The van der Waals surface area contributed by atoms with Gasteiger partial charge in [0.2, 0.25) is 5.91 Å². The van der Waals surface area contributed by atoms with Gasteiger partial charge in [-0.1, -0.05) is 26.0 Å². The number of carbonyl (C=O) groups is 1. The van der Waals surface area contributed by atoms with Gasteiger partial charge in [-0.3, -0.25) is 4.79 Å². The van der Waals surface area contributed by atoms with E-state index in [9.17, 15) is 4.79 Å². The number of amides is 1. The molecule has 3 nitrogen and oxygen atoms in total. The summed E-state index contributed by atoms with van der Waals surface area (Å²) in [5.74, 6) is 0.0662. The molecule has 88 valence electrons. The molecule has 1 saturated carbocycles. The average molecular weight is 228 g/mol. The van der Waals surface area contributed by atoms with Crippen LogP contribution in [0.2, 0.25) is 0 Å². The van der Waals surface area contributed by atoms with E-state index >= 15 is 0 Å². The number of nitriles is 1. The van der Waals surface area contributed by atoms with Crippen molar-refractivity contribution in [3.05, 3.63) is 35.4 Å². The van der Waals surface area contributed by atoms with Crippen LogP contribution in [0.3, 0.4) is 0 Å². The zero-order valence-corrected chi connectivity index (χ0v) is 10.2. The third kappa shape index (κ3) is 2.31. The molecule has 0 heterocycles. The Hall–Kier alpha value is -1.82. The Labute approximate surface area is 101 Å². The second-order valence-corrected chi connectivity index (χ2v) is 4.92. The van der Waals surface area contributed by atoms with Crippen LogP contribution in [0.15, 0.2) is 24.3 Å². The summed E-state index contributed by atoms with van der Waals surface area (Å²) >= 11 is 0. The molecule has 1 aliphatic rings. The van der Waals surface area contributed by atoms with E-state index in [4.69, 9.17) is 5.26 Å². The van der Waals surface area contributed by atoms with Crippen molar-refractivity contribution >= 4 is 5.91 Å². The second kappa shape index (κ2) is 4.21. The molecule has 1 amide bonds. The first kappa shape index (κ1) is 11.7. The van der Waals surface area contributed by atoms with Crippen molar-refractivity contribution in [1.29, 1.82) is 5.26 Å². The highest BCUT2D eigenvalue weighted by Gasteiger charge is 2.45. The molecule has 0 atom stereocenters. The highest BCUT2D eigenvalue weighted by molar-refractivity contribution is 5.79. The number of carbonyl (C=O) groups excluding carboxylic acids is 1. The van der Waals surface area contributed by atoms with Crippen LogP contribution in [0.5, 0.6) is 0 Å². The van der Waals surface area contributed by atoms with Gasteiger partial charge in [0.25, 0.3) is 0 Å². The van der Waals surface area contributed by atoms with Crippen LogP contribution >= 0.6 is 0 Å². The number of nitrogens with one attached hydrogen (secondary N) is 1. The summed E-state index contributed by atoms with van der Waals surface area (Å²) in [6, 6.07) is 9.63. The van der Waals surface area contributed by atoms with Crippen molar-refractivity contribution in [3.63, 3.8) is 0 Å². The fraction of sp³-hybridized carbons (Fsp3) is 0.429. The minimum absolute atomic E-state index is 0.00776. The van der Waals surface area contributed by atoms with Crippen LogP contribution in [-0.2, 0) is 10.3 Å². The van der Waals surface area contributed by atoms with Gasteiger partial charge in [0, 0.05) is 5.92 Å². The van der Waals surface area contributed by atoms with Gasteiger partial charge in [-0.25, -0.2) is 0 Å². The van der Waals surface area contributed by atoms with Crippen molar-refractivity contribution in [2.45, 2.75) is 32.2 Å². The minimum Gasteiger partial charge on any atom is -0.346 e. The Kier molecular flexibility index (Phi) is 2.89. The van der Waals surface area contributed by atoms with Gasteiger partial charge in [-0.2, -0.15) is 5.26 Å². The van der Waals surface area contributed by atoms with Crippen LogP contribution in [0.4, 0.5) is 0 Å². The van der Waals surface area contributed by atoms with Crippen LogP contribution in [-0.4, -0.2) is 5.91 Å². The molecule has 0 aromatic heterocycles. The highest BCUT2D eigenvalue weighted by atomic mass is 16.2. The molecular formula is C14H16N2O. The third-order valence-electron chi connectivity index (χ3n) is 3.18. The van der Waals surface area contributed by atoms with Gasteiger partial charge < -0.3 is 5.32 Å². The number of rotatable bonds is 3. The van der Waals surface area contributed by atoms with Gasteiger partial charge in [-0.05, 0) is 30.5 Å². The van der Waals surface area contributed by atoms with Crippen LogP contribution in [0, 0.1) is 17.2 Å². The molecule has 1 N–H and O–H groups in total.